The van der Waals surface area contributed by atoms with Crippen molar-refractivity contribution in [3.63, 3.8) is 0 Å². The Balaban J connectivity index is 1.35. The number of likely N-dealkylation sites (tertiary alicyclic amines) is 1. The first-order valence-corrected chi connectivity index (χ1v) is 8.97. The second-order valence-electron chi connectivity index (χ2n) is 6.91. The van der Waals surface area contributed by atoms with Gasteiger partial charge in [-0.2, -0.15) is 0 Å². The van der Waals surface area contributed by atoms with Gasteiger partial charge in [-0.1, -0.05) is 18.2 Å². The number of hydrogen-bond acceptors (Lipinski definition) is 5. The summed E-state index contributed by atoms with van der Waals surface area (Å²) in [5.74, 6) is 1.22. The van der Waals surface area contributed by atoms with Crippen molar-refractivity contribution >= 4 is 6.09 Å². The highest BCUT2D eigenvalue weighted by Gasteiger charge is 2.40. The van der Waals surface area contributed by atoms with E-state index in [1.807, 2.05) is 18.2 Å². The molecule has 1 fully saturated rings. The van der Waals surface area contributed by atoms with Crippen molar-refractivity contribution in [1.29, 1.82) is 0 Å². The summed E-state index contributed by atoms with van der Waals surface area (Å²) >= 11 is 0. The van der Waals surface area contributed by atoms with Crippen LogP contribution in [0, 0.1) is 0 Å². The Hall–Kier alpha value is -2.60. The van der Waals surface area contributed by atoms with Gasteiger partial charge in [0.25, 0.3) is 0 Å². The molecule has 136 valence electrons. The summed E-state index contributed by atoms with van der Waals surface area (Å²) in [6.45, 7) is 1.13. The maximum Gasteiger partial charge on any atom is 0.416 e. The lowest BCUT2D eigenvalue weighted by Crippen LogP contribution is -2.51. The van der Waals surface area contributed by atoms with E-state index in [-0.39, 0.29) is 24.2 Å². The first-order valence-electron chi connectivity index (χ1n) is 8.97. The minimum absolute atomic E-state index is 0.0848. The summed E-state index contributed by atoms with van der Waals surface area (Å²) in [6, 6.07) is 11.5. The second kappa shape index (κ2) is 6.96. The van der Waals surface area contributed by atoms with Crippen LogP contribution >= 0.6 is 0 Å². The lowest BCUT2D eigenvalue weighted by Gasteiger charge is -2.44. The highest BCUT2D eigenvalue weighted by molar-refractivity contribution is 5.70. The summed E-state index contributed by atoms with van der Waals surface area (Å²) < 4.78 is 11.7. The summed E-state index contributed by atoms with van der Waals surface area (Å²) in [5.41, 5.74) is 1.77. The number of piperidine rings is 1. The topological polar surface area (TPSA) is 71.9 Å². The lowest BCUT2D eigenvalue weighted by atomic mass is 9.83. The molecular formula is C20H22N2O4. The van der Waals surface area contributed by atoms with E-state index in [1.165, 1.54) is 11.8 Å². The molecule has 4 rings (SSSR count). The number of aromatic nitrogens is 1. The molecule has 0 radical (unpaired) electrons. The molecule has 1 aromatic carbocycles. The number of para-hydroxylation sites is 1. The van der Waals surface area contributed by atoms with E-state index in [4.69, 9.17) is 14.6 Å². The van der Waals surface area contributed by atoms with Crippen molar-refractivity contribution in [2.24, 2.45) is 0 Å². The maximum absolute atomic E-state index is 12.4. The molecule has 2 aliphatic rings. The SMILES string of the molecule is O=C(Oc1ccc(CO)cn1)N1CCC2(CCc3ccccc3O2)CC1. The number of aryl methyl sites for hydroxylation is 1. The van der Waals surface area contributed by atoms with Crippen LogP contribution in [0.3, 0.4) is 0 Å². The number of amides is 1. The molecule has 1 amide bonds. The van der Waals surface area contributed by atoms with E-state index in [9.17, 15) is 4.79 Å². The molecule has 1 saturated heterocycles. The third-order valence-corrected chi connectivity index (χ3v) is 5.25. The van der Waals surface area contributed by atoms with E-state index in [0.29, 0.717) is 18.7 Å². The summed E-state index contributed by atoms with van der Waals surface area (Å²) in [7, 11) is 0. The van der Waals surface area contributed by atoms with Crippen LogP contribution in [0.2, 0.25) is 0 Å². The number of ether oxygens (including phenoxy) is 2. The average molecular weight is 354 g/mol. The van der Waals surface area contributed by atoms with Crippen LogP contribution < -0.4 is 9.47 Å². The molecule has 0 unspecified atom stereocenters. The average Bonchev–Trinajstić information content (AvgIpc) is 2.69. The van der Waals surface area contributed by atoms with Gasteiger partial charge in [0.1, 0.15) is 11.4 Å². The molecule has 2 aromatic rings. The first-order chi connectivity index (χ1) is 12.7. The number of aliphatic hydroxyl groups is 1. The highest BCUT2D eigenvalue weighted by atomic mass is 16.6. The Labute approximate surface area is 152 Å². The molecule has 1 N–H and O–H groups in total. The van der Waals surface area contributed by atoms with Crippen LogP contribution in [0.15, 0.2) is 42.6 Å². The summed E-state index contributed by atoms with van der Waals surface area (Å²) in [5, 5.41) is 9.03. The quantitative estimate of drug-likeness (QED) is 0.898. The normalized spacial score (nSPS) is 18.1. The van der Waals surface area contributed by atoms with E-state index in [0.717, 1.165) is 31.4 Å². The van der Waals surface area contributed by atoms with Crippen molar-refractivity contribution in [2.45, 2.75) is 37.9 Å². The van der Waals surface area contributed by atoms with Gasteiger partial charge < -0.3 is 19.5 Å². The van der Waals surface area contributed by atoms with Gasteiger partial charge in [0, 0.05) is 38.2 Å². The van der Waals surface area contributed by atoms with Crippen molar-refractivity contribution in [1.82, 2.24) is 9.88 Å². The van der Waals surface area contributed by atoms with Crippen LogP contribution in [0.25, 0.3) is 0 Å². The van der Waals surface area contributed by atoms with Crippen molar-refractivity contribution < 1.29 is 19.4 Å². The zero-order valence-electron chi connectivity index (χ0n) is 14.6. The standard InChI is InChI=1S/C20H22N2O4/c23-14-15-5-6-18(21-13-15)25-19(24)22-11-9-20(10-12-22)8-7-16-3-1-2-4-17(16)26-20/h1-6,13,23H,7-12,14H2. The monoisotopic (exact) mass is 354 g/mol. The van der Waals surface area contributed by atoms with Gasteiger partial charge in [0.15, 0.2) is 0 Å². The predicted molar refractivity (Wildman–Crippen MR) is 95.1 cm³/mol. The molecular weight excluding hydrogens is 332 g/mol. The van der Waals surface area contributed by atoms with Gasteiger partial charge in [-0.25, -0.2) is 9.78 Å². The predicted octanol–water partition coefficient (Wildman–Crippen LogP) is 2.93. The fourth-order valence-corrected chi connectivity index (χ4v) is 3.62. The Morgan fingerprint density at radius 3 is 2.73 bits per heavy atom. The fraction of sp³-hybridized carbons (Fsp3) is 0.400. The zero-order valence-corrected chi connectivity index (χ0v) is 14.6. The molecule has 0 saturated carbocycles. The number of nitrogens with zero attached hydrogens (tertiary/aromatic N) is 2. The van der Waals surface area contributed by atoms with E-state index in [1.54, 1.807) is 17.0 Å². The number of benzene rings is 1. The minimum Gasteiger partial charge on any atom is -0.487 e. The zero-order chi connectivity index (χ0) is 18.0. The largest absolute Gasteiger partial charge is 0.487 e. The van der Waals surface area contributed by atoms with E-state index in [2.05, 4.69) is 11.1 Å². The minimum atomic E-state index is -0.389. The maximum atomic E-state index is 12.4. The molecule has 26 heavy (non-hydrogen) atoms. The second-order valence-corrected chi connectivity index (χ2v) is 6.91. The number of rotatable bonds is 2. The summed E-state index contributed by atoms with van der Waals surface area (Å²) in [6.07, 6.45) is 4.71. The lowest BCUT2D eigenvalue weighted by molar-refractivity contribution is -0.00961. The fourth-order valence-electron chi connectivity index (χ4n) is 3.62. The number of fused-ring (bicyclic) bond motifs is 1. The molecule has 6 heteroatoms. The molecule has 1 aromatic heterocycles. The number of carbonyl (C=O) groups excluding carboxylic acids is 1. The van der Waals surface area contributed by atoms with Crippen LogP contribution in [-0.2, 0) is 13.0 Å². The van der Waals surface area contributed by atoms with Gasteiger partial charge in [0.05, 0.1) is 6.61 Å². The van der Waals surface area contributed by atoms with Crippen LogP contribution in [-0.4, -0.2) is 39.8 Å². The third kappa shape index (κ3) is 3.37. The number of aliphatic hydroxyl groups excluding tert-OH is 1. The van der Waals surface area contributed by atoms with E-state index >= 15 is 0 Å². The number of carbonyl (C=O) groups is 1. The van der Waals surface area contributed by atoms with E-state index < -0.39 is 0 Å². The van der Waals surface area contributed by atoms with Gasteiger partial charge in [-0.05, 0) is 36.1 Å². The van der Waals surface area contributed by atoms with Crippen LogP contribution in [0.1, 0.15) is 30.4 Å². The van der Waals surface area contributed by atoms with Crippen molar-refractivity contribution in [3.8, 4) is 11.6 Å². The molecule has 1 spiro atoms. The molecule has 6 nitrogen and oxygen atoms in total. The smallest absolute Gasteiger partial charge is 0.416 e. The molecule has 0 atom stereocenters. The Kier molecular flexibility index (Phi) is 4.51. The first kappa shape index (κ1) is 16.8. The Morgan fingerprint density at radius 1 is 1.19 bits per heavy atom. The highest BCUT2D eigenvalue weighted by Crippen LogP contribution is 2.39. The summed E-state index contributed by atoms with van der Waals surface area (Å²) in [4.78, 5) is 18.1. The Morgan fingerprint density at radius 2 is 2.00 bits per heavy atom. The molecule has 2 aliphatic heterocycles. The van der Waals surface area contributed by atoms with Gasteiger partial charge in [-0.15, -0.1) is 0 Å². The molecule has 0 bridgehead atoms. The van der Waals surface area contributed by atoms with Gasteiger partial charge in [0.2, 0.25) is 5.88 Å². The van der Waals surface area contributed by atoms with Crippen LogP contribution in [0.5, 0.6) is 11.6 Å². The van der Waals surface area contributed by atoms with Crippen molar-refractivity contribution in [3.05, 3.63) is 53.7 Å². The molecule has 0 aliphatic carbocycles. The van der Waals surface area contributed by atoms with Crippen LogP contribution in [0.4, 0.5) is 4.79 Å². The number of pyridine rings is 1. The van der Waals surface area contributed by atoms with Gasteiger partial charge >= 0.3 is 6.09 Å². The third-order valence-electron chi connectivity index (χ3n) is 5.25. The van der Waals surface area contributed by atoms with Gasteiger partial charge in [-0.3, -0.25) is 0 Å². The van der Waals surface area contributed by atoms with Crippen molar-refractivity contribution in [2.75, 3.05) is 13.1 Å². The number of hydrogen-bond donors (Lipinski definition) is 1. The Bertz CT molecular complexity index is 783. The molecule has 3 heterocycles.